The SMILES string of the molecule is CN(C)CCCNC(=O)c1ccc(Nc2nc(NCCCN(C)C)nc(Nc3ccc(/C=C/c4ccc(Nc5nc(NCCCN(C)C)nc(Nc6ccc(C(=O)NCCCN(C)C)cc6)n5)cc4S(=O)(=O)O)c(S(=O)(=O)O)c3)n2)cc1. The van der Waals surface area contributed by atoms with Gasteiger partial charge in [-0.15, -0.1) is 0 Å². The minimum absolute atomic E-state index is 0.00780. The number of carbonyl (C=O) groups is 2. The second-order valence-corrected chi connectivity index (χ2v) is 22.8. The highest BCUT2D eigenvalue weighted by atomic mass is 32.2. The second kappa shape index (κ2) is 30.2. The summed E-state index contributed by atoms with van der Waals surface area (Å²) in [6, 6.07) is 21.6. The molecule has 82 heavy (non-hydrogen) atoms. The molecule has 0 aliphatic heterocycles. The van der Waals surface area contributed by atoms with E-state index in [1.807, 2.05) is 76.0 Å². The van der Waals surface area contributed by atoms with Gasteiger partial charge >= 0.3 is 0 Å². The number of hydrogen-bond acceptors (Lipinski definition) is 22. The van der Waals surface area contributed by atoms with E-state index in [1.165, 1.54) is 36.4 Å². The summed E-state index contributed by atoms with van der Waals surface area (Å²) < 4.78 is 72.7. The number of hydrogen-bond donors (Lipinski definition) is 10. The average molecular weight is 1170 g/mol. The second-order valence-electron chi connectivity index (χ2n) is 20.0. The molecule has 0 radical (unpaired) electrons. The van der Waals surface area contributed by atoms with E-state index >= 15 is 0 Å². The predicted molar refractivity (Wildman–Crippen MR) is 321 cm³/mol. The molecule has 440 valence electrons. The van der Waals surface area contributed by atoms with Crippen LogP contribution in [-0.4, -0.2) is 196 Å². The molecule has 0 unspecified atom stereocenters. The van der Waals surface area contributed by atoms with Crippen molar-refractivity contribution >= 4 is 103 Å². The van der Waals surface area contributed by atoms with E-state index in [9.17, 15) is 35.5 Å². The van der Waals surface area contributed by atoms with Gasteiger partial charge in [0.05, 0.1) is 0 Å². The third kappa shape index (κ3) is 21.2. The Kier molecular flexibility index (Phi) is 23.3. The molecule has 2 aromatic heterocycles. The molecule has 2 amide bonds. The van der Waals surface area contributed by atoms with Gasteiger partial charge < -0.3 is 62.1 Å². The molecule has 26 nitrogen and oxygen atoms in total. The largest absolute Gasteiger partial charge is 0.354 e. The Balaban J connectivity index is 1.22. The number of nitrogens with one attached hydrogen (secondary N) is 8. The highest BCUT2D eigenvalue weighted by molar-refractivity contribution is 7.86. The summed E-state index contributed by atoms with van der Waals surface area (Å²) in [6.45, 7) is 5.36. The van der Waals surface area contributed by atoms with E-state index in [0.717, 1.165) is 64.0 Å². The zero-order valence-corrected chi connectivity index (χ0v) is 49.0. The third-order valence-electron chi connectivity index (χ3n) is 11.9. The first kappa shape index (κ1) is 63.2. The van der Waals surface area contributed by atoms with Crippen molar-refractivity contribution < 1.29 is 35.5 Å². The van der Waals surface area contributed by atoms with Crippen molar-refractivity contribution in [1.82, 2.24) is 60.1 Å². The highest BCUT2D eigenvalue weighted by Gasteiger charge is 2.20. The molecule has 0 fully saturated rings. The van der Waals surface area contributed by atoms with E-state index in [2.05, 4.69) is 72.4 Å². The van der Waals surface area contributed by atoms with Crippen molar-refractivity contribution in [3.63, 3.8) is 0 Å². The maximum absolute atomic E-state index is 12.9. The lowest BCUT2D eigenvalue weighted by atomic mass is 10.1. The molecule has 0 spiro atoms. The van der Waals surface area contributed by atoms with Gasteiger partial charge in [0.1, 0.15) is 9.79 Å². The molecule has 0 atom stereocenters. The lowest BCUT2D eigenvalue weighted by Gasteiger charge is -2.14. The van der Waals surface area contributed by atoms with Crippen molar-refractivity contribution in [2.75, 3.05) is 141 Å². The number of rotatable bonds is 32. The maximum Gasteiger partial charge on any atom is 0.295 e. The number of benzene rings is 4. The van der Waals surface area contributed by atoms with Gasteiger partial charge in [-0.1, -0.05) is 24.3 Å². The molecule has 6 rings (SSSR count). The van der Waals surface area contributed by atoms with Crippen LogP contribution in [0.4, 0.5) is 58.4 Å². The first-order valence-corrected chi connectivity index (χ1v) is 29.2. The molecule has 6 aromatic rings. The van der Waals surface area contributed by atoms with Crippen LogP contribution in [0.3, 0.4) is 0 Å². The quantitative estimate of drug-likeness (QED) is 0.0136. The lowest BCUT2D eigenvalue weighted by Crippen LogP contribution is -2.27. The van der Waals surface area contributed by atoms with Crippen LogP contribution in [0.5, 0.6) is 0 Å². The summed E-state index contributed by atoms with van der Waals surface area (Å²) in [7, 11) is 5.89. The lowest BCUT2D eigenvalue weighted by molar-refractivity contribution is 0.0944. The standard InChI is InChI=1S/C54H74N18O8S2/c1-69(2)31-9-27-55-47(73)39-17-21-41(22-18-39)59-51-63-49(57-29-11-33-71(5)6)65-53(67-51)61-43-25-15-37(45(35-43)81(75,76)77)13-14-38-16-26-44(36-46(38)82(78,79)80)62-54-66-50(58-30-12-34-72(7)8)64-52(68-54)60-42-23-19-40(20-24-42)48(74)56-28-10-32-70(3)4/h13-26,35-36H,9-12,27-34H2,1-8H3,(H,55,73)(H,56,74)(H,75,76,77)(H,78,79,80)(H3,57,59,61,63,65,67)(H3,58,60,62,64,66,68)/b14-13+. The topological polar surface area (TPSA) is 329 Å². The smallest absolute Gasteiger partial charge is 0.295 e. The van der Waals surface area contributed by atoms with Gasteiger partial charge in [-0.25, -0.2) is 0 Å². The first-order valence-electron chi connectivity index (χ1n) is 26.3. The molecule has 10 N–H and O–H groups in total. The molecule has 0 aliphatic rings. The van der Waals surface area contributed by atoms with Gasteiger partial charge in [0, 0.05) is 60.1 Å². The highest BCUT2D eigenvalue weighted by Crippen LogP contribution is 2.29. The molecule has 4 aromatic carbocycles. The van der Waals surface area contributed by atoms with Crippen molar-refractivity contribution in [3.05, 3.63) is 107 Å². The molecule has 0 saturated heterocycles. The number of anilines is 10. The number of amides is 2. The van der Waals surface area contributed by atoms with Crippen molar-refractivity contribution in [2.24, 2.45) is 0 Å². The van der Waals surface area contributed by atoms with Crippen LogP contribution in [0.1, 0.15) is 57.5 Å². The molecule has 0 saturated carbocycles. The number of aromatic nitrogens is 6. The van der Waals surface area contributed by atoms with Gasteiger partial charge in [0.25, 0.3) is 32.1 Å². The molecule has 2 heterocycles. The molecular weight excluding hydrogens is 1090 g/mol. The Morgan fingerprint density at radius 1 is 0.415 bits per heavy atom. The Morgan fingerprint density at radius 2 is 0.695 bits per heavy atom. The minimum Gasteiger partial charge on any atom is -0.354 e. The predicted octanol–water partition coefficient (Wildman–Crippen LogP) is 5.79. The summed E-state index contributed by atoms with van der Waals surface area (Å²) in [5, 5.41) is 24.5. The minimum atomic E-state index is -4.91. The Labute approximate surface area is 479 Å². The summed E-state index contributed by atoms with van der Waals surface area (Å²) in [6.07, 6.45) is 5.68. The fourth-order valence-electron chi connectivity index (χ4n) is 7.78. The zero-order valence-electron chi connectivity index (χ0n) is 47.4. The first-order chi connectivity index (χ1) is 39.0. The Bertz CT molecular complexity index is 3130. The van der Waals surface area contributed by atoms with Crippen LogP contribution < -0.4 is 42.5 Å². The zero-order chi connectivity index (χ0) is 59.4. The van der Waals surface area contributed by atoms with Crippen LogP contribution in [0.2, 0.25) is 0 Å². The van der Waals surface area contributed by atoms with E-state index < -0.39 is 30.0 Å². The van der Waals surface area contributed by atoms with Crippen LogP contribution >= 0.6 is 0 Å². The van der Waals surface area contributed by atoms with Crippen LogP contribution in [0.15, 0.2) is 94.7 Å². The third-order valence-corrected chi connectivity index (χ3v) is 13.7. The monoisotopic (exact) mass is 1170 g/mol. The summed E-state index contributed by atoms with van der Waals surface area (Å²) in [5.74, 6) is 0.250. The van der Waals surface area contributed by atoms with Crippen molar-refractivity contribution in [3.8, 4) is 0 Å². The summed E-state index contributed by atoms with van der Waals surface area (Å²) in [5.41, 5.74) is 2.32. The molecule has 0 aliphatic carbocycles. The van der Waals surface area contributed by atoms with Crippen LogP contribution in [0, 0.1) is 0 Å². The fourth-order valence-corrected chi connectivity index (χ4v) is 9.19. The summed E-state index contributed by atoms with van der Waals surface area (Å²) in [4.78, 5) is 59.6. The maximum atomic E-state index is 12.9. The van der Waals surface area contributed by atoms with E-state index in [4.69, 9.17) is 0 Å². The summed E-state index contributed by atoms with van der Waals surface area (Å²) >= 11 is 0. The van der Waals surface area contributed by atoms with Crippen molar-refractivity contribution in [2.45, 2.75) is 35.5 Å². The van der Waals surface area contributed by atoms with Gasteiger partial charge in [-0.3, -0.25) is 18.7 Å². The molecule has 0 bridgehead atoms. The van der Waals surface area contributed by atoms with Gasteiger partial charge in [-0.2, -0.15) is 46.7 Å². The van der Waals surface area contributed by atoms with Crippen LogP contribution in [0.25, 0.3) is 12.2 Å². The van der Waals surface area contributed by atoms with Gasteiger partial charge in [0.2, 0.25) is 35.7 Å². The van der Waals surface area contributed by atoms with Crippen molar-refractivity contribution in [1.29, 1.82) is 0 Å². The Hall–Kier alpha value is -7.96. The Morgan fingerprint density at radius 3 is 1.00 bits per heavy atom. The van der Waals surface area contributed by atoms with Gasteiger partial charge in [0.15, 0.2) is 0 Å². The van der Waals surface area contributed by atoms with E-state index in [-0.39, 0.29) is 70.0 Å². The fraction of sp³-hybridized carbons (Fsp3) is 0.370. The normalized spacial score (nSPS) is 11.8. The van der Waals surface area contributed by atoms with E-state index in [0.29, 0.717) is 48.7 Å². The van der Waals surface area contributed by atoms with E-state index in [1.54, 1.807) is 48.5 Å². The van der Waals surface area contributed by atoms with Gasteiger partial charge in [-0.05, 0) is 192 Å². The average Bonchev–Trinajstić information content (AvgIpc) is 3.61. The molecular formula is C54H74N18O8S2. The number of nitrogens with zero attached hydrogens (tertiary/aromatic N) is 10. The number of carbonyl (C=O) groups excluding carboxylic acids is 2. The van der Waals surface area contributed by atoms with Crippen LogP contribution in [-0.2, 0) is 20.2 Å². The molecule has 28 heteroatoms.